The van der Waals surface area contributed by atoms with Crippen LogP contribution in [-0.2, 0) is 4.79 Å². The standard InChI is InChI=1S/C21H32ClN5O2.HI/c1-2-23-21(25-12-8-16-27-15-7-3-4-11-19(27)28)26-14-13-24-20(29)17-9-5-6-10-18(17)22;/h5-6,9-10H,2-4,7-8,11-16H2,1H3,(H,24,29)(H2,23,25,26);1H. The van der Waals surface area contributed by atoms with Crippen molar-refractivity contribution < 1.29 is 9.59 Å². The van der Waals surface area contributed by atoms with Gasteiger partial charge in [-0.25, -0.2) is 0 Å². The highest BCUT2D eigenvalue weighted by atomic mass is 127. The van der Waals surface area contributed by atoms with E-state index >= 15 is 0 Å². The summed E-state index contributed by atoms with van der Waals surface area (Å²) >= 11 is 6.04. The monoisotopic (exact) mass is 549 g/mol. The average molecular weight is 550 g/mol. The van der Waals surface area contributed by atoms with Gasteiger partial charge in [0, 0.05) is 45.7 Å². The number of guanidine groups is 1. The number of hydrogen-bond donors (Lipinski definition) is 3. The molecule has 0 spiro atoms. The van der Waals surface area contributed by atoms with Crippen molar-refractivity contribution in [3.05, 3.63) is 34.9 Å². The molecule has 0 bridgehead atoms. The van der Waals surface area contributed by atoms with E-state index < -0.39 is 0 Å². The molecule has 1 heterocycles. The summed E-state index contributed by atoms with van der Waals surface area (Å²) < 4.78 is 0. The van der Waals surface area contributed by atoms with Crippen molar-refractivity contribution in [1.82, 2.24) is 20.9 Å². The first kappa shape index (κ1) is 26.5. The van der Waals surface area contributed by atoms with E-state index in [-0.39, 0.29) is 35.8 Å². The van der Waals surface area contributed by atoms with Crippen molar-refractivity contribution in [3.8, 4) is 0 Å². The average Bonchev–Trinajstić information content (AvgIpc) is 2.92. The molecule has 2 amide bonds. The molecule has 0 aromatic heterocycles. The lowest BCUT2D eigenvalue weighted by molar-refractivity contribution is -0.130. The van der Waals surface area contributed by atoms with Gasteiger partial charge in [0.25, 0.3) is 5.91 Å². The van der Waals surface area contributed by atoms with Gasteiger partial charge in [0.1, 0.15) is 0 Å². The van der Waals surface area contributed by atoms with Crippen LogP contribution >= 0.6 is 35.6 Å². The number of halogens is 2. The predicted octanol–water partition coefficient (Wildman–Crippen LogP) is 3.04. The van der Waals surface area contributed by atoms with E-state index in [0.717, 1.165) is 45.3 Å². The van der Waals surface area contributed by atoms with E-state index in [9.17, 15) is 9.59 Å². The van der Waals surface area contributed by atoms with E-state index in [2.05, 4.69) is 20.9 Å². The van der Waals surface area contributed by atoms with Crippen LogP contribution in [0.25, 0.3) is 0 Å². The Bertz CT molecular complexity index is 702. The van der Waals surface area contributed by atoms with Crippen LogP contribution in [0.3, 0.4) is 0 Å². The largest absolute Gasteiger partial charge is 0.357 e. The number of carbonyl (C=O) groups excluding carboxylic acids is 2. The van der Waals surface area contributed by atoms with E-state index in [1.165, 1.54) is 0 Å². The van der Waals surface area contributed by atoms with E-state index in [1.807, 2.05) is 11.8 Å². The highest BCUT2D eigenvalue weighted by Crippen LogP contribution is 2.14. The maximum atomic E-state index is 12.1. The maximum Gasteiger partial charge on any atom is 0.252 e. The minimum atomic E-state index is -0.193. The highest BCUT2D eigenvalue weighted by Gasteiger charge is 2.15. The predicted molar refractivity (Wildman–Crippen MR) is 133 cm³/mol. The lowest BCUT2D eigenvalue weighted by Crippen LogP contribution is -2.41. The van der Waals surface area contributed by atoms with E-state index in [0.29, 0.717) is 42.6 Å². The van der Waals surface area contributed by atoms with Gasteiger partial charge in [-0.1, -0.05) is 30.2 Å². The molecule has 0 saturated carbocycles. The quantitative estimate of drug-likeness (QED) is 0.191. The summed E-state index contributed by atoms with van der Waals surface area (Å²) in [7, 11) is 0. The summed E-state index contributed by atoms with van der Waals surface area (Å²) in [5.74, 6) is 0.786. The zero-order chi connectivity index (χ0) is 20.9. The summed E-state index contributed by atoms with van der Waals surface area (Å²) in [4.78, 5) is 30.7. The molecule has 1 fully saturated rings. The lowest BCUT2D eigenvalue weighted by Gasteiger charge is -2.20. The maximum absolute atomic E-state index is 12.1. The summed E-state index contributed by atoms with van der Waals surface area (Å²) in [5.41, 5.74) is 0.470. The Morgan fingerprint density at radius 3 is 2.67 bits per heavy atom. The topological polar surface area (TPSA) is 85.8 Å². The summed E-state index contributed by atoms with van der Waals surface area (Å²) in [6, 6.07) is 6.98. The summed E-state index contributed by atoms with van der Waals surface area (Å²) in [5, 5.41) is 9.69. The Balaban J connectivity index is 0.00000450. The van der Waals surface area contributed by atoms with Crippen LogP contribution in [0, 0.1) is 0 Å². The molecule has 0 atom stereocenters. The van der Waals surface area contributed by atoms with Gasteiger partial charge in [-0.05, 0) is 38.3 Å². The van der Waals surface area contributed by atoms with E-state index in [4.69, 9.17) is 11.6 Å². The Morgan fingerprint density at radius 2 is 1.90 bits per heavy atom. The molecule has 1 aromatic rings. The number of nitrogens with one attached hydrogen (secondary N) is 3. The van der Waals surface area contributed by atoms with Gasteiger partial charge in [-0.2, -0.15) is 0 Å². The lowest BCUT2D eigenvalue weighted by atomic mass is 10.2. The molecule has 1 aromatic carbocycles. The van der Waals surface area contributed by atoms with Crippen molar-refractivity contribution in [2.75, 3.05) is 39.3 Å². The Hall–Kier alpha value is -1.55. The van der Waals surface area contributed by atoms with Crippen LogP contribution in [0.2, 0.25) is 5.02 Å². The molecule has 2 rings (SSSR count). The summed E-state index contributed by atoms with van der Waals surface area (Å²) in [6.45, 7) is 6.03. The normalized spacial score (nSPS) is 14.5. The Morgan fingerprint density at radius 1 is 1.13 bits per heavy atom. The molecule has 1 aliphatic heterocycles. The molecular weight excluding hydrogens is 517 g/mol. The molecule has 3 N–H and O–H groups in total. The van der Waals surface area contributed by atoms with Crippen molar-refractivity contribution in [1.29, 1.82) is 0 Å². The first-order valence-corrected chi connectivity index (χ1v) is 10.8. The number of hydrogen-bond acceptors (Lipinski definition) is 3. The number of aliphatic imine (C=N–C) groups is 1. The smallest absolute Gasteiger partial charge is 0.252 e. The van der Waals surface area contributed by atoms with Gasteiger partial charge in [-0.15, -0.1) is 24.0 Å². The van der Waals surface area contributed by atoms with Crippen molar-refractivity contribution in [2.24, 2.45) is 4.99 Å². The molecule has 0 aliphatic carbocycles. The first-order valence-electron chi connectivity index (χ1n) is 10.4. The van der Waals surface area contributed by atoms with Gasteiger partial charge >= 0.3 is 0 Å². The minimum absolute atomic E-state index is 0. The number of rotatable bonds is 9. The molecule has 7 nitrogen and oxygen atoms in total. The number of carbonyl (C=O) groups is 2. The summed E-state index contributed by atoms with van der Waals surface area (Å²) in [6.07, 6.45) is 4.76. The number of amides is 2. The molecular formula is C21H33ClIN5O2. The van der Waals surface area contributed by atoms with Crippen LogP contribution in [0.4, 0.5) is 0 Å². The zero-order valence-corrected chi connectivity index (χ0v) is 20.7. The van der Waals surface area contributed by atoms with Gasteiger partial charge in [0.2, 0.25) is 5.91 Å². The number of likely N-dealkylation sites (tertiary alicyclic amines) is 1. The van der Waals surface area contributed by atoms with Crippen LogP contribution in [0.1, 0.15) is 49.4 Å². The molecule has 1 saturated heterocycles. The molecule has 30 heavy (non-hydrogen) atoms. The molecule has 9 heteroatoms. The molecule has 1 aliphatic rings. The first-order chi connectivity index (χ1) is 14.1. The number of benzene rings is 1. The second-order valence-corrected chi connectivity index (χ2v) is 7.38. The molecule has 0 unspecified atom stereocenters. The number of nitrogens with zero attached hydrogens (tertiary/aromatic N) is 2. The second-order valence-electron chi connectivity index (χ2n) is 6.97. The Kier molecular flexibility index (Phi) is 13.5. The fourth-order valence-corrected chi connectivity index (χ4v) is 3.39. The van der Waals surface area contributed by atoms with Crippen molar-refractivity contribution in [3.63, 3.8) is 0 Å². The van der Waals surface area contributed by atoms with Gasteiger partial charge in [-0.3, -0.25) is 14.6 Å². The Labute approximate surface area is 201 Å². The van der Waals surface area contributed by atoms with Crippen LogP contribution in [0.5, 0.6) is 0 Å². The van der Waals surface area contributed by atoms with Crippen molar-refractivity contribution >= 4 is 53.4 Å². The fraction of sp³-hybridized carbons (Fsp3) is 0.571. The van der Waals surface area contributed by atoms with E-state index in [1.54, 1.807) is 24.3 Å². The third-order valence-electron chi connectivity index (χ3n) is 4.69. The second kappa shape index (κ2) is 15.3. The van der Waals surface area contributed by atoms with Crippen LogP contribution < -0.4 is 16.0 Å². The van der Waals surface area contributed by atoms with Gasteiger partial charge in [0.05, 0.1) is 10.6 Å². The van der Waals surface area contributed by atoms with Crippen LogP contribution in [0.15, 0.2) is 29.3 Å². The highest BCUT2D eigenvalue weighted by molar-refractivity contribution is 14.0. The molecule has 168 valence electrons. The zero-order valence-electron chi connectivity index (χ0n) is 17.6. The minimum Gasteiger partial charge on any atom is -0.357 e. The van der Waals surface area contributed by atoms with Gasteiger partial charge < -0.3 is 20.9 Å². The fourth-order valence-electron chi connectivity index (χ4n) is 3.17. The SMILES string of the molecule is CCNC(=NCCCN1CCCCCC1=O)NCCNC(=O)c1ccccc1Cl.I. The van der Waals surface area contributed by atoms with Crippen LogP contribution in [-0.4, -0.2) is 61.9 Å². The third-order valence-corrected chi connectivity index (χ3v) is 5.02. The van der Waals surface area contributed by atoms with Crippen molar-refractivity contribution in [2.45, 2.75) is 39.0 Å². The molecule has 0 radical (unpaired) electrons. The third kappa shape index (κ3) is 9.51. The van der Waals surface area contributed by atoms with Gasteiger partial charge in [0.15, 0.2) is 5.96 Å².